The molecule has 78 valence electrons. The van der Waals surface area contributed by atoms with Crippen LogP contribution in [0.4, 0.5) is 0 Å². The molecule has 1 heterocycles. The van der Waals surface area contributed by atoms with Crippen LogP contribution in [0.25, 0.3) is 11.3 Å². The normalized spacial score (nSPS) is 10.3. The molecule has 0 spiro atoms. The molecule has 5 heteroatoms. The number of imidazole rings is 1. The second kappa shape index (κ2) is 4.20. The highest BCUT2D eigenvalue weighted by atomic mass is 79.9. The van der Waals surface area contributed by atoms with E-state index < -0.39 is 0 Å². The van der Waals surface area contributed by atoms with Crippen molar-refractivity contribution in [3.05, 3.63) is 33.6 Å². The molecule has 0 amide bonds. The lowest BCUT2D eigenvalue weighted by molar-refractivity contribution is 0.416. The molecular formula is C10H9BrN2OS. The van der Waals surface area contributed by atoms with Crippen LogP contribution < -0.4 is 4.74 Å². The number of aromatic nitrogens is 2. The first kappa shape index (κ1) is 10.4. The minimum Gasteiger partial charge on any atom is -0.496 e. The zero-order valence-electron chi connectivity index (χ0n) is 8.00. The summed E-state index contributed by atoms with van der Waals surface area (Å²) in [6.07, 6.45) is 1.83. The van der Waals surface area contributed by atoms with Gasteiger partial charge in [-0.1, -0.05) is 15.9 Å². The fourth-order valence-electron chi connectivity index (χ4n) is 1.37. The lowest BCUT2D eigenvalue weighted by Gasteiger charge is -2.06. The Kier molecular flexibility index (Phi) is 2.93. The molecule has 0 saturated carbocycles. The zero-order chi connectivity index (χ0) is 10.8. The highest BCUT2D eigenvalue weighted by molar-refractivity contribution is 9.10. The lowest BCUT2D eigenvalue weighted by atomic mass is 10.1. The summed E-state index contributed by atoms with van der Waals surface area (Å²) in [6, 6.07) is 5.82. The smallest absolute Gasteiger partial charge is 0.174 e. The molecular weight excluding hydrogens is 276 g/mol. The first-order valence-electron chi connectivity index (χ1n) is 4.32. The van der Waals surface area contributed by atoms with Crippen LogP contribution in [-0.2, 0) is 0 Å². The molecule has 0 fully saturated rings. The number of methoxy groups -OCH3 is 1. The van der Waals surface area contributed by atoms with Crippen molar-refractivity contribution in [3.63, 3.8) is 0 Å². The van der Waals surface area contributed by atoms with Gasteiger partial charge < -0.3 is 14.7 Å². The van der Waals surface area contributed by atoms with E-state index in [1.807, 2.05) is 24.4 Å². The number of hydrogen-bond acceptors (Lipinski definition) is 2. The number of hydrogen-bond donors (Lipinski definition) is 2. The van der Waals surface area contributed by atoms with Crippen LogP contribution in [0, 0.1) is 4.77 Å². The molecule has 0 aliphatic rings. The number of rotatable bonds is 2. The van der Waals surface area contributed by atoms with Gasteiger partial charge in [-0.25, -0.2) is 0 Å². The van der Waals surface area contributed by atoms with Crippen molar-refractivity contribution < 1.29 is 4.74 Å². The summed E-state index contributed by atoms with van der Waals surface area (Å²) < 4.78 is 6.88. The Balaban J connectivity index is 2.59. The first-order chi connectivity index (χ1) is 7.20. The van der Waals surface area contributed by atoms with Gasteiger partial charge in [0.15, 0.2) is 4.77 Å². The third-order valence-electron chi connectivity index (χ3n) is 2.05. The van der Waals surface area contributed by atoms with E-state index in [0.717, 1.165) is 21.5 Å². The van der Waals surface area contributed by atoms with E-state index >= 15 is 0 Å². The molecule has 0 aliphatic carbocycles. The standard InChI is InChI=1S/C10H9BrN2OS/c1-14-9-3-2-6(11)4-7(9)8-5-12-10(15)13-8/h2-5H,1H3,(H2,12,13,15). The summed E-state index contributed by atoms with van der Waals surface area (Å²) in [5.41, 5.74) is 1.89. The van der Waals surface area contributed by atoms with Gasteiger partial charge in [-0.05, 0) is 30.4 Å². The van der Waals surface area contributed by atoms with Crippen LogP contribution in [0.3, 0.4) is 0 Å². The SMILES string of the molecule is COc1ccc(Br)cc1-c1c[nH]c(=S)[nH]1. The van der Waals surface area contributed by atoms with Crippen molar-refractivity contribution in [2.75, 3.05) is 7.11 Å². The van der Waals surface area contributed by atoms with Crippen LogP contribution in [0.1, 0.15) is 0 Å². The molecule has 2 aromatic rings. The minimum absolute atomic E-state index is 0.604. The second-order valence-electron chi connectivity index (χ2n) is 3.00. The highest BCUT2D eigenvalue weighted by Gasteiger charge is 2.07. The molecule has 2 rings (SSSR count). The van der Waals surface area contributed by atoms with Crippen molar-refractivity contribution in [3.8, 4) is 17.0 Å². The number of benzene rings is 1. The number of nitrogens with one attached hydrogen (secondary N) is 2. The molecule has 1 aromatic heterocycles. The predicted octanol–water partition coefficient (Wildman–Crippen LogP) is 3.51. The fourth-order valence-corrected chi connectivity index (χ4v) is 1.90. The Labute approximate surface area is 101 Å². The van der Waals surface area contributed by atoms with Gasteiger partial charge in [0.25, 0.3) is 0 Å². The predicted molar refractivity (Wildman–Crippen MR) is 65.7 cm³/mol. The molecule has 0 aliphatic heterocycles. The van der Waals surface area contributed by atoms with Crippen molar-refractivity contribution in [1.29, 1.82) is 0 Å². The van der Waals surface area contributed by atoms with Crippen LogP contribution in [-0.4, -0.2) is 17.1 Å². The maximum Gasteiger partial charge on any atom is 0.174 e. The summed E-state index contributed by atoms with van der Waals surface area (Å²) in [4.78, 5) is 5.98. The van der Waals surface area contributed by atoms with Gasteiger partial charge in [-0.3, -0.25) is 0 Å². The summed E-state index contributed by atoms with van der Waals surface area (Å²) in [5.74, 6) is 0.809. The number of H-pyrrole nitrogens is 2. The third-order valence-corrected chi connectivity index (χ3v) is 2.76. The molecule has 15 heavy (non-hydrogen) atoms. The minimum atomic E-state index is 0.604. The molecule has 1 aromatic carbocycles. The molecule has 0 bridgehead atoms. The van der Waals surface area contributed by atoms with Gasteiger partial charge in [-0.2, -0.15) is 0 Å². The van der Waals surface area contributed by atoms with Crippen molar-refractivity contribution >= 4 is 28.1 Å². The summed E-state index contributed by atoms with van der Waals surface area (Å²) in [6.45, 7) is 0. The van der Waals surface area contributed by atoms with Crippen molar-refractivity contribution in [2.24, 2.45) is 0 Å². The van der Waals surface area contributed by atoms with Gasteiger partial charge in [-0.15, -0.1) is 0 Å². The van der Waals surface area contributed by atoms with Gasteiger partial charge in [0.05, 0.1) is 12.8 Å². The zero-order valence-corrected chi connectivity index (χ0v) is 10.4. The van der Waals surface area contributed by atoms with E-state index in [2.05, 4.69) is 25.9 Å². The Morgan fingerprint density at radius 2 is 2.20 bits per heavy atom. The van der Waals surface area contributed by atoms with Crippen molar-refractivity contribution in [2.45, 2.75) is 0 Å². The molecule has 0 unspecified atom stereocenters. The molecule has 0 saturated heterocycles. The van der Waals surface area contributed by atoms with Gasteiger partial charge in [0.1, 0.15) is 5.75 Å². The quantitative estimate of drug-likeness (QED) is 0.829. The first-order valence-corrected chi connectivity index (χ1v) is 5.52. The average molecular weight is 285 g/mol. The molecule has 0 radical (unpaired) electrons. The Morgan fingerprint density at radius 3 is 2.80 bits per heavy atom. The summed E-state index contributed by atoms with van der Waals surface area (Å²) in [5, 5.41) is 0. The third kappa shape index (κ3) is 2.13. The Hall–Kier alpha value is -1.07. The molecule has 2 N–H and O–H groups in total. The second-order valence-corrected chi connectivity index (χ2v) is 4.33. The average Bonchev–Trinajstić information content (AvgIpc) is 2.65. The van der Waals surface area contributed by atoms with E-state index in [1.165, 1.54) is 0 Å². The maximum absolute atomic E-state index is 5.28. The summed E-state index contributed by atoms with van der Waals surface area (Å²) >= 11 is 8.41. The van der Waals surface area contributed by atoms with E-state index in [1.54, 1.807) is 7.11 Å². The molecule has 0 atom stereocenters. The lowest BCUT2D eigenvalue weighted by Crippen LogP contribution is -1.87. The Morgan fingerprint density at radius 1 is 1.40 bits per heavy atom. The maximum atomic E-state index is 5.28. The van der Waals surface area contributed by atoms with Gasteiger partial charge in [0, 0.05) is 16.2 Å². The van der Waals surface area contributed by atoms with Crippen LogP contribution >= 0.6 is 28.1 Å². The number of ether oxygens (including phenoxy) is 1. The largest absolute Gasteiger partial charge is 0.496 e. The Bertz CT molecular complexity index is 532. The van der Waals surface area contributed by atoms with Gasteiger partial charge >= 0.3 is 0 Å². The molecule has 3 nitrogen and oxygen atoms in total. The van der Waals surface area contributed by atoms with Crippen LogP contribution in [0.15, 0.2) is 28.9 Å². The van der Waals surface area contributed by atoms with E-state index in [-0.39, 0.29) is 0 Å². The van der Waals surface area contributed by atoms with Gasteiger partial charge in [0.2, 0.25) is 0 Å². The van der Waals surface area contributed by atoms with E-state index in [4.69, 9.17) is 17.0 Å². The van der Waals surface area contributed by atoms with Crippen LogP contribution in [0.5, 0.6) is 5.75 Å². The highest BCUT2D eigenvalue weighted by Crippen LogP contribution is 2.30. The topological polar surface area (TPSA) is 40.8 Å². The summed E-state index contributed by atoms with van der Waals surface area (Å²) in [7, 11) is 1.65. The number of halogens is 1. The van der Waals surface area contributed by atoms with E-state index in [0.29, 0.717) is 4.77 Å². The van der Waals surface area contributed by atoms with Crippen LogP contribution in [0.2, 0.25) is 0 Å². The van der Waals surface area contributed by atoms with Crippen molar-refractivity contribution in [1.82, 2.24) is 9.97 Å². The monoisotopic (exact) mass is 284 g/mol. The fraction of sp³-hybridized carbons (Fsp3) is 0.100. The van der Waals surface area contributed by atoms with E-state index in [9.17, 15) is 0 Å². The number of aromatic amines is 2.